The minimum absolute atomic E-state index is 0.222. The van der Waals surface area contributed by atoms with Gasteiger partial charge in [0.1, 0.15) is 10.8 Å². The van der Waals surface area contributed by atoms with Crippen molar-refractivity contribution in [3.63, 3.8) is 0 Å². The van der Waals surface area contributed by atoms with Crippen LogP contribution in [-0.4, -0.2) is 15.5 Å². The SMILES string of the molecule is Cc1c(-c2ccccc2)n(C(=O)C23CC4CC(CC(C4)C2)C3)c2nc(Cl)ccc12. The van der Waals surface area contributed by atoms with Crippen LogP contribution >= 0.6 is 11.6 Å². The number of halogens is 1. The zero-order valence-corrected chi connectivity index (χ0v) is 17.5. The Labute approximate surface area is 176 Å². The molecule has 4 saturated carbocycles. The van der Waals surface area contributed by atoms with E-state index in [0.29, 0.717) is 5.15 Å². The van der Waals surface area contributed by atoms with E-state index in [1.54, 1.807) is 0 Å². The molecule has 7 rings (SSSR count). The highest BCUT2D eigenvalue weighted by molar-refractivity contribution is 6.29. The number of nitrogens with zero attached hydrogens (tertiary/aromatic N) is 2. The molecule has 3 aromatic rings. The number of benzene rings is 1. The summed E-state index contributed by atoms with van der Waals surface area (Å²) < 4.78 is 1.93. The summed E-state index contributed by atoms with van der Waals surface area (Å²) in [4.78, 5) is 18.9. The van der Waals surface area contributed by atoms with Crippen molar-refractivity contribution in [1.29, 1.82) is 0 Å². The Morgan fingerprint density at radius 3 is 2.24 bits per heavy atom. The molecular formula is C25H25ClN2O. The lowest BCUT2D eigenvalue weighted by Crippen LogP contribution is -2.51. The number of carbonyl (C=O) groups is 1. The fourth-order valence-electron chi connectivity index (χ4n) is 7.04. The molecule has 2 aromatic heterocycles. The molecule has 148 valence electrons. The second-order valence-electron chi connectivity index (χ2n) is 9.68. The van der Waals surface area contributed by atoms with Gasteiger partial charge in [-0.25, -0.2) is 4.98 Å². The lowest BCUT2D eigenvalue weighted by atomic mass is 9.49. The van der Waals surface area contributed by atoms with Gasteiger partial charge in [-0.2, -0.15) is 0 Å². The van der Waals surface area contributed by atoms with E-state index >= 15 is 0 Å². The van der Waals surface area contributed by atoms with E-state index in [2.05, 4.69) is 24.0 Å². The highest BCUT2D eigenvalue weighted by Crippen LogP contribution is 2.61. The van der Waals surface area contributed by atoms with Crippen molar-refractivity contribution >= 4 is 28.5 Å². The van der Waals surface area contributed by atoms with Gasteiger partial charge in [0.05, 0.1) is 11.1 Å². The van der Waals surface area contributed by atoms with Crippen LogP contribution in [0.15, 0.2) is 42.5 Å². The van der Waals surface area contributed by atoms with Gasteiger partial charge in [0.2, 0.25) is 5.91 Å². The van der Waals surface area contributed by atoms with Crippen molar-refractivity contribution in [2.45, 2.75) is 45.4 Å². The van der Waals surface area contributed by atoms with E-state index in [0.717, 1.165) is 64.9 Å². The molecule has 0 amide bonds. The molecule has 0 aliphatic heterocycles. The van der Waals surface area contributed by atoms with Gasteiger partial charge in [-0.05, 0) is 86.5 Å². The molecule has 1 aromatic carbocycles. The summed E-state index contributed by atoms with van der Waals surface area (Å²) in [6.07, 6.45) is 7.12. The third-order valence-electron chi connectivity index (χ3n) is 7.78. The predicted molar refractivity (Wildman–Crippen MR) is 116 cm³/mol. The summed E-state index contributed by atoms with van der Waals surface area (Å²) in [5.74, 6) is 2.43. The van der Waals surface area contributed by atoms with Crippen LogP contribution in [0.25, 0.3) is 22.3 Å². The zero-order chi connectivity index (χ0) is 19.8. The standard InChI is InChI=1S/C25H25ClN2O/c1-15-20-7-8-21(26)27-23(20)28(22(15)19-5-3-2-4-6-19)24(29)25-12-16-9-17(13-25)11-18(10-16)14-25/h2-8,16-18H,9-14H2,1H3. The molecule has 0 radical (unpaired) electrons. The van der Waals surface area contributed by atoms with Gasteiger partial charge in [0, 0.05) is 5.39 Å². The third kappa shape index (κ3) is 2.56. The number of aromatic nitrogens is 2. The van der Waals surface area contributed by atoms with Gasteiger partial charge in [-0.1, -0.05) is 41.9 Å². The van der Waals surface area contributed by atoms with Crippen molar-refractivity contribution in [1.82, 2.24) is 9.55 Å². The average Bonchev–Trinajstić information content (AvgIpc) is 2.98. The van der Waals surface area contributed by atoms with Crippen LogP contribution in [0, 0.1) is 30.1 Å². The van der Waals surface area contributed by atoms with E-state index in [1.165, 1.54) is 19.3 Å². The van der Waals surface area contributed by atoms with Crippen molar-refractivity contribution in [2.75, 3.05) is 0 Å². The number of carbonyl (C=O) groups excluding carboxylic acids is 1. The first-order valence-electron chi connectivity index (χ1n) is 10.8. The second kappa shape index (κ2) is 6.18. The number of fused-ring (bicyclic) bond motifs is 1. The van der Waals surface area contributed by atoms with Crippen LogP contribution in [0.4, 0.5) is 0 Å². The molecule has 4 bridgehead atoms. The number of hydrogen-bond acceptors (Lipinski definition) is 2. The molecule has 2 heterocycles. The van der Waals surface area contributed by atoms with Crippen LogP contribution in [-0.2, 0) is 0 Å². The summed E-state index contributed by atoms with van der Waals surface area (Å²) in [5.41, 5.74) is 3.65. The molecule has 0 atom stereocenters. The Morgan fingerprint density at radius 1 is 1.00 bits per heavy atom. The lowest BCUT2D eigenvalue weighted by molar-refractivity contribution is -0.0397. The van der Waals surface area contributed by atoms with Gasteiger partial charge in [0.25, 0.3) is 0 Å². The van der Waals surface area contributed by atoms with Gasteiger partial charge < -0.3 is 0 Å². The van der Waals surface area contributed by atoms with Crippen LogP contribution in [0.1, 0.15) is 48.9 Å². The molecule has 3 nitrogen and oxygen atoms in total. The van der Waals surface area contributed by atoms with Gasteiger partial charge >= 0.3 is 0 Å². The number of pyridine rings is 1. The number of hydrogen-bond donors (Lipinski definition) is 0. The fraction of sp³-hybridized carbons (Fsp3) is 0.440. The Hall–Kier alpha value is -2.13. The maximum atomic E-state index is 14.3. The highest BCUT2D eigenvalue weighted by Gasteiger charge is 2.55. The van der Waals surface area contributed by atoms with Crippen LogP contribution in [0.5, 0.6) is 0 Å². The third-order valence-corrected chi connectivity index (χ3v) is 7.99. The molecule has 0 saturated heterocycles. The molecule has 4 heteroatoms. The van der Waals surface area contributed by atoms with Gasteiger partial charge in [0.15, 0.2) is 0 Å². The van der Waals surface area contributed by atoms with Gasteiger partial charge in [-0.15, -0.1) is 0 Å². The first kappa shape index (κ1) is 17.7. The largest absolute Gasteiger partial charge is 0.273 e. The van der Waals surface area contributed by atoms with Crippen LogP contribution in [0.2, 0.25) is 5.15 Å². The first-order valence-corrected chi connectivity index (χ1v) is 11.2. The maximum absolute atomic E-state index is 14.3. The monoisotopic (exact) mass is 404 g/mol. The van der Waals surface area contributed by atoms with E-state index < -0.39 is 0 Å². The Morgan fingerprint density at radius 2 is 1.62 bits per heavy atom. The molecule has 0 N–H and O–H groups in total. The number of aryl methyl sites for hydroxylation is 1. The topological polar surface area (TPSA) is 34.9 Å². The van der Waals surface area contributed by atoms with E-state index in [4.69, 9.17) is 11.6 Å². The fourth-order valence-corrected chi connectivity index (χ4v) is 7.18. The summed E-state index contributed by atoms with van der Waals surface area (Å²) in [5, 5.41) is 1.46. The van der Waals surface area contributed by atoms with Crippen molar-refractivity contribution in [2.24, 2.45) is 23.2 Å². The Kier molecular flexibility index (Phi) is 3.78. The van der Waals surface area contributed by atoms with E-state index in [1.807, 2.05) is 34.9 Å². The quantitative estimate of drug-likeness (QED) is 0.455. The van der Waals surface area contributed by atoms with Crippen LogP contribution in [0.3, 0.4) is 0 Å². The van der Waals surface area contributed by atoms with Crippen LogP contribution < -0.4 is 0 Å². The van der Waals surface area contributed by atoms with E-state index in [-0.39, 0.29) is 11.3 Å². The molecule has 4 aliphatic rings. The van der Waals surface area contributed by atoms with Crippen molar-refractivity contribution in [3.05, 3.63) is 53.2 Å². The summed E-state index contributed by atoms with van der Waals surface area (Å²) in [6.45, 7) is 2.10. The Bertz CT molecular complexity index is 1100. The minimum Gasteiger partial charge on any atom is -0.273 e. The summed E-state index contributed by atoms with van der Waals surface area (Å²) in [6, 6.07) is 14.1. The molecule has 0 spiro atoms. The molecule has 4 fully saturated rings. The smallest absolute Gasteiger partial charge is 0.239 e. The molecular weight excluding hydrogens is 380 g/mol. The number of rotatable bonds is 2. The maximum Gasteiger partial charge on any atom is 0.239 e. The van der Waals surface area contributed by atoms with Gasteiger partial charge in [-0.3, -0.25) is 9.36 Å². The van der Waals surface area contributed by atoms with Crippen molar-refractivity contribution < 1.29 is 4.79 Å². The highest BCUT2D eigenvalue weighted by atomic mass is 35.5. The second-order valence-corrected chi connectivity index (χ2v) is 10.1. The van der Waals surface area contributed by atoms with Crippen molar-refractivity contribution in [3.8, 4) is 11.3 Å². The first-order chi connectivity index (χ1) is 14.0. The molecule has 0 unspecified atom stereocenters. The Balaban J connectivity index is 1.59. The summed E-state index contributed by atoms with van der Waals surface area (Å²) in [7, 11) is 0. The minimum atomic E-state index is -0.222. The zero-order valence-electron chi connectivity index (χ0n) is 16.7. The predicted octanol–water partition coefficient (Wildman–Crippen LogP) is 6.52. The average molecular weight is 405 g/mol. The van der Waals surface area contributed by atoms with E-state index in [9.17, 15) is 4.79 Å². The normalized spacial score (nSPS) is 30.2. The lowest BCUT2D eigenvalue weighted by Gasteiger charge is -2.55. The molecule has 29 heavy (non-hydrogen) atoms. The summed E-state index contributed by atoms with van der Waals surface area (Å²) >= 11 is 6.29. The molecule has 4 aliphatic carbocycles.